The Hall–Kier alpha value is -2.63. The van der Waals surface area contributed by atoms with Crippen molar-refractivity contribution >= 4 is 11.8 Å². The highest BCUT2D eigenvalue weighted by Crippen LogP contribution is 2.17. The lowest BCUT2D eigenvalue weighted by atomic mass is 10.1. The van der Waals surface area contributed by atoms with Crippen molar-refractivity contribution in [2.75, 3.05) is 6.54 Å². The third-order valence-electron chi connectivity index (χ3n) is 3.09. The fourth-order valence-electron chi connectivity index (χ4n) is 2.22. The van der Waals surface area contributed by atoms with E-state index < -0.39 is 6.04 Å². The summed E-state index contributed by atoms with van der Waals surface area (Å²) >= 11 is 0. The number of benzene rings is 1. The van der Waals surface area contributed by atoms with Crippen molar-refractivity contribution in [3.05, 3.63) is 54.4 Å². The Bertz CT molecular complexity index is 645. The maximum atomic E-state index is 12.6. The largest absolute Gasteiger partial charge is 0.350 e. The summed E-state index contributed by atoms with van der Waals surface area (Å²) in [5.74, 6) is -0.498. The molecule has 6 heteroatoms. The first-order valence-electron chi connectivity index (χ1n) is 7.49. The van der Waals surface area contributed by atoms with Gasteiger partial charge in [0.1, 0.15) is 0 Å². The molecule has 1 atom stereocenters. The minimum absolute atomic E-state index is 0.0687. The van der Waals surface area contributed by atoms with E-state index in [1.807, 2.05) is 51.1 Å². The van der Waals surface area contributed by atoms with E-state index in [1.165, 1.54) is 0 Å². The minimum Gasteiger partial charge on any atom is -0.350 e. The number of nitrogens with one attached hydrogen (secondary N) is 2. The molecule has 1 aromatic heterocycles. The van der Waals surface area contributed by atoms with Crippen LogP contribution in [-0.2, 0) is 9.59 Å². The first-order valence-corrected chi connectivity index (χ1v) is 7.49. The second-order valence-electron chi connectivity index (χ2n) is 6.32. The van der Waals surface area contributed by atoms with Crippen molar-refractivity contribution in [2.24, 2.45) is 0 Å². The van der Waals surface area contributed by atoms with Crippen LogP contribution < -0.4 is 10.6 Å². The average molecular weight is 314 g/mol. The Kier molecular flexibility index (Phi) is 5.16. The van der Waals surface area contributed by atoms with E-state index in [0.29, 0.717) is 0 Å². The van der Waals surface area contributed by atoms with Crippen LogP contribution in [0, 0.1) is 0 Å². The van der Waals surface area contributed by atoms with E-state index in [4.69, 9.17) is 0 Å². The number of amides is 2. The molecule has 1 heterocycles. The summed E-state index contributed by atoms with van der Waals surface area (Å²) < 4.78 is 1.58. The summed E-state index contributed by atoms with van der Waals surface area (Å²) in [6, 6.07) is 10.5. The molecule has 6 nitrogen and oxygen atoms in total. The molecule has 1 aromatic carbocycles. The van der Waals surface area contributed by atoms with Crippen molar-refractivity contribution in [2.45, 2.75) is 32.4 Å². The fraction of sp³-hybridized carbons (Fsp3) is 0.353. The van der Waals surface area contributed by atoms with Gasteiger partial charge in [0.05, 0.1) is 6.54 Å². The molecule has 0 aliphatic heterocycles. The Labute approximate surface area is 135 Å². The molecule has 122 valence electrons. The van der Waals surface area contributed by atoms with Gasteiger partial charge in [0.25, 0.3) is 0 Å². The molecule has 2 amide bonds. The zero-order chi connectivity index (χ0) is 16.9. The minimum atomic E-state index is -0.603. The van der Waals surface area contributed by atoms with Gasteiger partial charge >= 0.3 is 0 Å². The first kappa shape index (κ1) is 16.7. The lowest BCUT2D eigenvalue weighted by Crippen LogP contribution is -2.47. The second-order valence-corrected chi connectivity index (χ2v) is 6.32. The van der Waals surface area contributed by atoms with Crippen LogP contribution in [0.3, 0.4) is 0 Å². The zero-order valence-corrected chi connectivity index (χ0v) is 13.6. The normalized spacial score (nSPS) is 12.5. The number of rotatable bonds is 5. The molecule has 0 fully saturated rings. The molecule has 0 bridgehead atoms. The zero-order valence-electron chi connectivity index (χ0n) is 13.6. The van der Waals surface area contributed by atoms with E-state index in [0.717, 1.165) is 5.56 Å². The number of hydrogen-bond donors (Lipinski definition) is 2. The monoisotopic (exact) mass is 314 g/mol. The van der Waals surface area contributed by atoms with Crippen molar-refractivity contribution in [1.29, 1.82) is 0 Å². The molecule has 0 spiro atoms. The summed E-state index contributed by atoms with van der Waals surface area (Å²) in [6.07, 6.45) is 3.35. The second kappa shape index (κ2) is 7.09. The average Bonchev–Trinajstić information content (AvgIpc) is 2.99. The van der Waals surface area contributed by atoms with Gasteiger partial charge in [-0.05, 0) is 32.4 Å². The standard InChI is InChI=1S/C17H22N4O2/c1-17(2,3)20-14(22)12-18-16(23)15(21-11-7-10-19-21)13-8-5-4-6-9-13/h4-11,15H,12H2,1-3H3,(H,18,23)(H,20,22)/t15-/m0/s1. The van der Waals surface area contributed by atoms with Crippen LogP contribution >= 0.6 is 0 Å². The van der Waals surface area contributed by atoms with Gasteiger partial charge < -0.3 is 10.6 Å². The third kappa shape index (κ3) is 4.95. The summed E-state index contributed by atoms with van der Waals surface area (Å²) in [5.41, 5.74) is 0.479. The number of hydrogen-bond acceptors (Lipinski definition) is 3. The van der Waals surface area contributed by atoms with Gasteiger partial charge in [0.2, 0.25) is 11.8 Å². The van der Waals surface area contributed by atoms with Crippen LogP contribution in [0.5, 0.6) is 0 Å². The molecule has 2 N–H and O–H groups in total. The maximum Gasteiger partial charge on any atom is 0.249 e. The lowest BCUT2D eigenvalue weighted by molar-refractivity contribution is -0.128. The van der Waals surface area contributed by atoms with Gasteiger partial charge in [-0.25, -0.2) is 0 Å². The van der Waals surface area contributed by atoms with Crippen molar-refractivity contribution in [3.63, 3.8) is 0 Å². The van der Waals surface area contributed by atoms with E-state index in [1.54, 1.807) is 23.1 Å². The Morgan fingerprint density at radius 3 is 2.43 bits per heavy atom. The highest BCUT2D eigenvalue weighted by molar-refractivity contribution is 5.88. The number of nitrogens with zero attached hydrogens (tertiary/aromatic N) is 2. The Morgan fingerprint density at radius 2 is 1.87 bits per heavy atom. The van der Waals surface area contributed by atoms with Gasteiger partial charge in [-0.3, -0.25) is 14.3 Å². The van der Waals surface area contributed by atoms with Gasteiger partial charge in [-0.15, -0.1) is 0 Å². The molecule has 0 radical (unpaired) electrons. The van der Waals surface area contributed by atoms with Gasteiger partial charge in [0, 0.05) is 17.9 Å². The van der Waals surface area contributed by atoms with E-state index in [-0.39, 0.29) is 23.9 Å². The summed E-state index contributed by atoms with van der Waals surface area (Å²) in [4.78, 5) is 24.4. The van der Waals surface area contributed by atoms with Crippen LogP contribution in [0.15, 0.2) is 48.8 Å². The van der Waals surface area contributed by atoms with E-state index in [9.17, 15) is 9.59 Å². The van der Waals surface area contributed by atoms with Crippen LogP contribution in [0.4, 0.5) is 0 Å². The van der Waals surface area contributed by atoms with Crippen molar-refractivity contribution in [1.82, 2.24) is 20.4 Å². The number of aromatic nitrogens is 2. The molecule has 0 aliphatic carbocycles. The number of carbonyl (C=O) groups excluding carboxylic acids is 2. The van der Waals surface area contributed by atoms with Gasteiger partial charge in [-0.2, -0.15) is 5.10 Å². The highest BCUT2D eigenvalue weighted by atomic mass is 16.2. The molecule has 2 aromatic rings. The predicted molar refractivity (Wildman–Crippen MR) is 87.7 cm³/mol. The lowest BCUT2D eigenvalue weighted by Gasteiger charge is -2.22. The fourth-order valence-corrected chi connectivity index (χ4v) is 2.22. The first-order chi connectivity index (χ1) is 10.9. The Balaban J connectivity index is 2.08. The molecule has 23 heavy (non-hydrogen) atoms. The summed E-state index contributed by atoms with van der Waals surface area (Å²) in [6.45, 7) is 5.61. The molecule has 0 saturated heterocycles. The molecule has 0 saturated carbocycles. The maximum absolute atomic E-state index is 12.6. The topological polar surface area (TPSA) is 76.0 Å². The van der Waals surface area contributed by atoms with Crippen LogP contribution in [0.25, 0.3) is 0 Å². The van der Waals surface area contributed by atoms with Gasteiger partial charge in [-0.1, -0.05) is 30.3 Å². The summed E-state index contributed by atoms with van der Waals surface area (Å²) in [7, 11) is 0. The quantitative estimate of drug-likeness (QED) is 0.878. The molecule has 0 aliphatic rings. The van der Waals surface area contributed by atoms with Crippen LogP contribution in [0.1, 0.15) is 32.4 Å². The smallest absolute Gasteiger partial charge is 0.249 e. The Morgan fingerprint density at radius 1 is 1.17 bits per heavy atom. The summed E-state index contributed by atoms with van der Waals surface area (Å²) in [5, 5.41) is 9.65. The molecule has 2 rings (SSSR count). The predicted octanol–water partition coefficient (Wildman–Crippen LogP) is 1.50. The van der Waals surface area contributed by atoms with Crippen molar-refractivity contribution < 1.29 is 9.59 Å². The number of carbonyl (C=O) groups is 2. The molecular formula is C17H22N4O2. The molecular weight excluding hydrogens is 292 g/mol. The van der Waals surface area contributed by atoms with E-state index in [2.05, 4.69) is 15.7 Å². The van der Waals surface area contributed by atoms with Crippen molar-refractivity contribution in [3.8, 4) is 0 Å². The SMILES string of the molecule is CC(C)(C)NC(=O)CNC(=O)[C@H](c1ccccc1)n1cccn1. The third-order valence-corrected chi connectivity index (χ3v) is 3.09. The van der Waals surface area contributed by atoms with Crippen LogP contribution in [0.2, 0.25) is 0 Å². The highest BCUT2D eigenvalue weighted by Gasteiger charge is 2.23. The molecule has 0 unspecified atom stereocenters. The van der Waals surface area contributed by atoms with Crippen LogP contribution in [-0.4, -0.2) is 33.7 Å². The van der Waals surface area contributed by atoms with E-state index >= 15 is 0 Å². The van der Waals surface area contributed by atoms with Gasteiger partial charge in [0.15, 0.2) is 6.04 Å².